The van der Waals surface area contributed by atoms with Gasteiger partial charge in [-0.25, -0.2) is 0 Å². The van der Waals surface area contributed by atoms with Gasteiger partial charge >= 0.3 is 0 Å². The molecule has 1 unspecified atom stereocenters. The van der Waals surface area contributed by atoms with Gasteiger partial charge in [-0.15, -0.1) is 0 Å². The summed E-state index contributed by atoms with van der Waals surface area (Å²) in [6.45, 7) is 4.35. The van der Waals surface area contributed by atoms with Crippen molar-refractivity contribution in [2.45, 2.75) is 26.4 Å². The van der Waals surface area contributed by atoms with Crippen molar-refractivity contribution in [3.05, 3.63) is 0 Å². The van der Waals surface area contributed by atoms with Crippen LogP contribution in [0.5, 0.6) is 0 Å². The van der Waals surface area contributed by atoms with Gasteiger partial charge in [-0.1, -0.05) is 0 Å². The Kier molecular flexibility index (Phi) is 2.18. The van der Waals surface area contributed by atoms with Gasteiger partial charge < -0.3 is 9.90 Å². The van der Waals surface area contributed by atoms with Gasteiger partial charge in [0.25, 0.3) is 0 Å². The van der Waals surface area contributed by atoms with Crippen LogP contribution in [-0.2, 0) is 4.79 Å². The minimum absolute atomic E-state index is 0.385. The number of carbonyl (C=O) groups is 1. The molecule has 0 spiro atoms. The van der Waals surface area contributed by atoms with E-state index in [1.54, 1.807) is 0 Å². The molecule has 56 valence electrons. The van der Waals surface area contributed by atoms with E-state index >= 15 is 0 Å². The van der Waals surface area contributed by atoms with Crippen LogP contribution in [0.25, 0.3) is 0 Å². The molecule has 0 aromatic carbocycles. The summed E-state index contributed by atoms with van der Waals surface area (Å²) in [4.78, 5) is 10.2. The van der Waals surface area contributed by atoms with E-state index in [1.807, 2.05) is 6.07 Å². The molecule has 10 heavy (non-hydrogen) atoms. The van der Waals surface area contributed by atoms with E-state index in [-0.39, 0.29) is 0 Å². The third-order valence-corrected chi connectivity index (χ3v) is 1.77. The Balaban J connectivity index is 4.65. The minimum Gasteiger partial charge on any atom is -0.381 e. The molecular formula is C7H11NO2. The molecule has 0 bridgehead atoms. The molecule has 0 rings (SSSR count). The van der Waals surface area contributed by atoms with Crippen LogP contribution in [0.1, 0.15) is 20.8 Å². The molecule has 3 nitrogen and oxygen atoms in total. The molecular weight excluding hydrogens is 130 g/mol. The second-order valence-corrected chi connectivity index (χ2v) is 3.00. The van der Waals surface area contributed by atoms with E-state index in [2.05, 4.69) is 0 Å². The number of nitrogens with zero attached hydrogens (tertiary/aromatic N) is 1. The minimum atomic E-state index is -1.55. The Morgan fingerprint density at radius 1 is 1.50 bits per heavy atom. The fourth-order valence-corrected chi connectivity index (χ4v) is 0.260. The molecule has 1 atom stereocenters. The van der Waals surface area contributed by atoms with Crippen molar-refractivity contribution in [2.75, 3.05) is 0 Å². The largest absolute Gasteiger partial charge is 0.381 e. The lowest BCUT2D eigenvalue weighted by Gasteiger charge is -2.28. The summed E-state index contributed by atoms with van der Waals surface area (Å²) in [6.07, 6.45) is 0.385. The number of rotatable bonds is 2. The van der Waals surface area contributed by atoms with Gasteiger partial charge in [0.2, 0.25) is 0 Å². The van der Waals surface area contributed by atoms with Crippen LogP contribution in [0.4, 0.5) is 0 Å². The van der Waals surface area contributed by atoms with Gasteiger partial charge in [0.1, 0.15) is 5.60 Å². The molecule has 0 aliphatic rings. The van der Waals surface area contributed by atoms with Crippen molar-refractivity contribution in [3.8, 4) is 6.07 Å². The zero-order chi connectivity index (χ0) is 8.41. The van der Waals surface area contributed by atoms with E-state index in [4.69, 9.17) is 5.26 Å². The average Bonchev–Trinajstić information content (AvgIpc) is 1.88. The topological polar surface area (TPSA) is 61.1 Å². The van der Waals surface area contributed by atoms with Crippen LogP contribution in [0.2, 0.25) is 0 Å². The maximum absolute atomic E-state index is 10.2. The molecule has 0 saturated carbocycles. The number of hydrogen-bond acceptors (Lipinski definition) is 3. The normalized spacial score (nSPS) is 17.1. The summed E-state index contributed by atoms with van der Waals surface area (Å²) in [5.74, 6) is 0. The smallest absolute Gasteiger partial charge is 0.152 e. The van der Waals surface area contributed by atoms with Crippen LogP contribution >= 0.6 is 0 Å². The van der Waals surface area contributed by atoms with Crippen molar-refractivity contribution < 1.29 is 9.90 Å². The first-order valence-corrected chi connectivity index (χ1v) is 2.97. The molecule has 0 amide bonds. The van der Waals surface area contributed by atoms with Gasteiger partial charge in [-0.3, -0.25) is 0 Å². The fourth-order valence-electron chi connectivity index (χ4n) is 0.260. The quantitative estimate of drug-likeness (QED) is 0.569. The van der Waals surface area contributed by atoms with Gasteiger partial charge in [-0.05, 0) is 20.8 Å². The number of carbonyl (C=O) groups excluding carboxylic acids is 1. The summed E-state index contributed by atoms with van der Waals surface area (Å²) >= 11 is 0. The first kappa shape index (κ1) is 9.12. The van der Waals surface area contributed by atoms with Gasteiger partial charge in [0, 0.05) is 0 Å². The Labute approximate surface area is 60.3 Å². The maximum Gasteiger partial charge on any atom is 0.152 e. The molecule has 0 aromatic heterocycles. The fraction of sp³-hybridized carbons (Fsp3) is 0.714. The molecule has 1 N–H and O–H groups in total. The zero-order valence-electron chi connectivity index (χ0n) is 6.38. The van der Waals surface area contributed by atoms with Crippen LogP contribution in [0, 0.1) is 16.7 Å². The van der Waals surface area contributed by atoms with Gasteiger partial charge in [-0.2, -0.15) is 5.26 Å². The van der Waals surface area contributed by atoms with Crippen LogP contribution in [-0.4, -0.2) is 17.0 Å². The number of hydrogen-bond donors (Lipinski definition) is 1. The van der Waals surface area contributed by atoms with E-state index in [0.29, 0.717) is 6.29 Å². The predicted octanol–water partition coefficient (Wildman–Crippen LogP) is 0.486. The van der Waals surface area contributed by atoms with E-state index < -0.39 is 11.0 Å². The average molecular weight is 141 g/mol. The SMILES string of the molecule is CC(C)(C#N)C(C)(O)C=O. The maximum atomic E-state index is 10.2. The Morgan fingerprint density at radius 2 is 1.90 bits per heavy atom. The Bertz CT molecular complexity index is 177. The molecule has 0 saturated heterocycles. The molecule has 0 aliphatic carbocycles. The lowest BCUT2D eigenvalue weighted by molar-refractivity contribution is -0.130. The van der Waals surface area contributed by atoms with Crippen molar-refractivity contribution in [3.63, 3.8) is 0 Å². The molecule has 0 radical (unpaired) electrons. The van der Waals surface area contributed by atoms with Crippen molar-refractivity contribution >= 4 is 6.29 Å². The summed E-state index contributed by atoms with van der Waals surface area (Å²) in [5.41, 5.74) is -2.57. The van der Waals surface area contributed by atoms with Crippen molar-refractivity contribution in [1.29, 1.82) is 5.26 Å². The second kappa shape index (κ2) is 2.39. The number of aliphatic hydroxyl groups is 1. The molecule has 0 aromatic rings. The zero-order valence-corrected chi connectivity index (χ0v) is 6.38. The highest BCUT2D eigenvalue weighted by atomic mass is 16.3. The second-order valence-electron chi connectivity index (χ2n) is 3.00. The van der Waals surface area contributed by atoms with E-state index in [9.17, 15) is 9.90 Å². The lowest BCUT2D eigenvalue weighted by atomic mass is 9.78. The third kappa shape index (κ3) is 1.34. The molecule has 0 fully saturated rings. The number of nitriles is 1. The number of aldehydes is 1. The summed E-state index contributed by atoms with van der Waals surface area (Å²) in [6, 6.07) is 1.85. The molecule has 0 heterocycles. The highest BCUT2D eigenvalue weighted by molar-refractivity contribution is 5.63. The first-order valence-electron chi connectivity index (χ1n) is 2.97. The standard InChI is InChI=1S/C7H11NO2/c1-6(2,4-8)7(3,10)5-9/h5,10H,1-3H3. The monoisotopic (exact) mass is 141 g/mol. The van der Waals surface area contributed by atoms with Crippen molar-refractivity contribution in [1.82, 2.24) is 0 Å². The van der Waals surface area contributed by atoms with Gasteiger partial charge in [0.15, 0.2) is 6.29 Å². The highest BCUT2D eigenvalue weighted by Gasteiger charge is 2.39. The summed E-state index contributed by atoms with van der Waals surface area (Å²) in [5, 5.41) is 17.8. The van der Waals surface area contributed by atoms with Crippen LogP contribution in [0.3, 0.4) is 0 Å². The molecule has 3 heteroatoms. The van der Waals surface area contributed by atoms with Crippen LogP contribution in [0.15, 0.2) is 0 Å². The van der Waals surface area contributed by atoms with Crippen LogP contribution < -0.4 is 0 Å². The Hall–Kier alpha value is -0.880. The first-order chi connectivity index (χ1) is 4.37. The molecule has 0 aliphatic heterocycles. The van der Waals surface area contributed by atoms with E-state index in [0.717, 1.165) is 0 Å². The third-order valence-electron chi connectivity index (χ3n) is 1.77. The predicted molar refractivity (Wildman–Crippen MR) is 36.1 cm³/mol. The lowest BCUT2D eigenvalue weighted by Crippen LogP contribution is -2.42. The van der Waals surface area contributed by atoms with Gasteiger partial charge in [0.05, 0.1) is 11.5 Å². The summed E-state index contributed by atoms with van der Waals surface area (Å²) in [7, 11) is 0. The Morgan fingerprint density at radius 3 is 2.00 bits per heavy atom. The van der Waals surface area contributed by atoms with E-state index in [1.165, 1.54) is 20.8 Å². The highest BCUT2D eigenvalue weighted by Crippen LogP contribution is 2.27. The summed E-state index contributed by atoms with van der Waals surface area (Å²) < 4.78 is 0. The van der Waals surface area contributed by atoms with Crippen molar-refractivity contribution in [2.24, 2.45) is 5.41 Å².